The third kappa shape index (κ3) is 4.59. The van der Waals surface area contributed by atoms with E-state index in [2.05, 4.69) is 157 Å². The van der Waals surface area contributed by atoms with Gasteiger partial charge in [0.25, 0.3) is 0 Å². The number of para-hydroxylation sites is 3. The largest absolute Gasteiger partial charge is 0.456 e. The van der Waals surface area contributed by atoms with E-state index in [1.165, 1.54) is 16.3 Å². The first-order valence-electron chi connectivity index (χ1n) is 16.6. The molecule has 0 amide bonds. The van der Waals surface area contributed by atoms with Gasteiger partial charge in [-0.2, -0.15) is 0 Å². The van der Waals surface area contributed by atoms with E-state index in [1.54, 1.807) is 0 Å². The molecule has 0 aliphatic heterocycles. The number of nitrogens with zero attached hydrogens (tertiary/aromatic N) is 1. The number of rotatable bonds is 5. The minimum Gasteiger partial charge on any atom is -0.456 e. The zero-order valence-electron chi connectivity index (χ0n) is 26.5. The van der Waals surface area contributed by atoms with Crippen LogP contribution in [-0.2, 0) is 0 Å². The van der Waals surface area contributed by atoms with E-state index in [-0.39, 0.29) is 0 Å². The van der Waals surface area contributed by atoms with Gasteiger partial charge >= 0.3 is 0 Å². The van der Waals surface area contributed by atoms with Gasteiger partial charge in [0.05, 0.1) is 5.69 Å². The van der Waals surface area contributed by atoms with Crippen molar-refractivity contribution in [3.8, 4) is 22.3 Å². The molecule has 0 radical (unpaired) electrons. The number of fused-ring (bicyclic) bond motifs is 7. The van der Waals surface area contributed by atoms with Crippen LogP contribution in [0.25, 0.3) is 76.9 Å². The molecule has 8 aromatic carbocycles. The van der Waals surface area contributed by atoms with E-state index in [1.807, 2.05) is 24.3 Å². The van der Waals surface area contributed by atoms with E-state index >= 15 is 0 Å². The van der Waals surface area contributed by atoms with Gasteiger partial charge in [0.15, 0.2) is 0 Å². The summed E-state index contributed by atoms with van der Waals surface area (Å²) >= 11 is 0. The van der Waals surface area contributed by atoms with Gasteiger partial charge in [0.2, 0.25) is 0 Å². The fraction of sp³-hybridized carbons (Fsp3) is 0. The number of hydrogen-bond acceptors (Lipinski definition) is 3. The summed E-state index contributed by atoms with van der Waals surface area (Å²) in [4.78, 5) is 2.35. The average molecular weight is 628 g/mol. The third-order valence-electron chi connectivity index (χ3n) is 9.64. The molecular weight excluding hydrogens is 599 g/mol. The van der Waals surface area contributed by atoms with E-state index in [0.29, 0.717) is 0 Å². The van der Waals surface area contributed by atoms with Crippen molar-refractivity contribution in [1.82, 2.24) is 0 Å². The molecule has 0 atom stereocenters. The molecule has 0 aliphatic rings. The summed E-state index contributed by atoms with van der Waals surface area (Å²) in [7, 11) is 0. The third-order valence-corrected chi connectivity index (χ3v) is 9.64. The highest BCUT2D eigenvalue weighted by Crippen LogP contribution is 2.44. The van der Waals surface area contributed by atoms with Gasteiger partial charge in [-0.3, -0.25) is 0 Å². The van der Waals surface area contributed by atoms with Crippen molar-refractivity contribution in [2.24, 2.45) is 0 Å². The van der Waals surface area contributed by atoms with E-state index in [9.17, 15) is 0 Å². The fourth-order valence-corrected chi connectivity index (χ4v) is 7.28. The highest BCUT2D eigenvalue weighted by molar-refractivity contribution is 6.08. The summed E-state index contributed by atoms with van der Waals surface area (Å²) in [6.07, 6.45) is 0. The predicted octanol–water partition coefficient (Wildman–Crippen LogP) is 13.4. The number of furan rings is 2. The van der Waals surface area contributed by atoms with Gasteiger partial charge in [-0.25, -0.2) is 0 Å². The van der Waals surface area contributed by atoms with Crippen LogP contribution in [0.5, 0.6) is 0 Å². The van der Waals surface area contributed by atoms with Crippen LogP contribution in [0.15, 0.2) is 185 Å². The van der Waals surface area contributed by atoms with Crippen molar-refractivity contribution < 1.29 is 8.83 Å². The summed E-state index contributed by atoms with van der Waals surface area (Å²) in [6, 6.07) is 62.2. The maximum atomic E-state index is 6.41. The minimum absolute atomic E-state index is 0.859. The maximum absolute atomic E-state index is 6.41. The number of hydrogen-bond donors (Lipinski definition) is 0. The van der Waals surface area contributed by atoms with Crippen LogP contribution in [0.3, 0.4) is 0 Å². The van der Waals surface area contributed by atoms with Crippen LogP contribution < -0.4 is 4.90 Å². The summed E-state index contributed by atoms with van der Waals surface area (Å²) in [5, 5.41) is 6.91. The molecule has 0 bridgehead atoms. The quantitative estimate of drug-likeness (QED) is 0.190. The molecular formula is C46H29NO2. The molecule has 2 aromatic heterocycles. The molecule has 0 spiro atoms. The minimum atomic E-state index is 0.859. The highest BCUT2D eigenvalue weighted by atomic mass is 16.3. The van der Waals surface area contributed by atoms with Crippen LogP contribution >= 0.6 is 0 Å². The Labute approximate surface area is 282 Å². The fourth-order valence-electron chi connectivity index (χ4n) is 7.28. The Morgan fingerprint density at radius 2 is 0.959 bits per heavy atom. The first kappa shape index (κ1) is 27.5. The lowest BCUT2D eigenvalue weighted by Gasteiger charge is -2.28. The standard InChI is InChI=1S/C46H29NO2/c1-2-11-31-26-33(21-20-30(31)10-1)32-12-9-13-35(27-32)47(36-23-24-40-38-15-4-7-18-43(38)49-46(40)29-36)42-17-6-3-14-37(42)34-22-25-45-41(28-34)39-16-5-8-19-44(39)48-45/h1-29H. The van der Waals surface area contributed by atoms with Gasteiger partial charge in [0.1, 0.15) is 22.3 Å². The Balaban J connectivity index is 1.18. The van der Waals surface area contributed by atoms with Crippen molar-refractivity contribution in [3.63, 3.8) is 0 Å². The smallest absolute Gasteiger partial charge is 0.137 e. The molecule has 3 nitrogen and oxygen atoms in total. The second-order valence-electron chi connectivity index (χ2n) is 12.6. The zero-order valence-corrected chi connectivity index (χ0v) is 26.5. The number of anilines is 3. The molecule has 10 rings (SSSR count). The first-order chi connectivity index (χ1) is 24.3. The van der Waals surface area contributed by atoms with E-state index in [0.717, 1.165) is 77.6 Å². The topological polar surface area (TPSA) is 29.5 Å². The van der Waals surface area contributed by atoms with Crippen LogP contribution in [-0.4, -0.2) is 0 Å². The van der Waals surface area contributed by atoms with Crippen molar-refractivity contribution in [2.75, 3.05) is 4.90 Å². The van der Waals surface area contributed by atoms with Crippen molar-refractivity contribution in [1.29, 1.82) is 0 Å². The van der Waals surface area contributed by atoms with Gasteiger partial charge in [-0.05, 0) is 88.1 Å². The van der Waals surface area contributed by atoms with Gasteiger partial charge < -0.3 is 13.7 Å². The van der Waals surface area contributed by atoms with Crippen LogP contribution in [0.4, 0.5) is 17.1 Å². The van der Waals surface area contributed by atoms with Crippen LogP contribution in [0.2, 0.25) is 0 Å². The summed E-state index contributed by atoms with van der Waals surface area (Å²) in [6.45, 7) is 0. The van der Waals surface area contributed by atoms with Gasteiger partial charge in [-0.15, -0.1) is 0 Å². The molecule has 0 saturated carbocycles. The Morgan fingerprint density at radius 1 is 0.327 bits per heavy atom. The Hall–Kier alpha value is -6.58. The highest BCUT2D eigenvalue weighted by Gasteiger charge is 2.20. The normalized spacial score (nSPS) is 11.7. The van der Waals surface area contributed by atoms with Crippen molar-refractivity contribution in [2.45, 2.75) is 0 Å². The lowest BCUT2D eigenvalue weighted by molar-refractivity contribution is 0.668. The predicted molar refractivity (Wildman–Crippen MR) is 204 cm³/mol. The van der Waals surface area contributed by atoms with Gasteiger partial charge in [0, 0.05) is 44.5 Å². The Bertz CT molecular complexity index is 2860. The average Bonchev–Trinajstić information content (AvgIpc) is 3.73. The lowest BCUT2D eigenvalue weighted by Crippen LogP contribution is -2.11. The molecule has 230 valence electrons. The summed E-state index contributed by atoms with van der Waals surface area (Å²) in [5.74, 6) is 0. The summed E-state index contributed by atoms with van der Waals surface area (Å²) in [5.41, 5.74) is 11.3. The lowest BCUT2D eigenvalue weighted by atomic mass is 9.98. The second-order valence-corrected chi connectivity index (χ2v) is 12.6. The molecule has 2 heterocycles. The van der Waals surface area contributed by atoms with Crippen molar-refractivity contribution in [3.05, 3.63) is 176 Å². The van der Waals surface area contributed by atoms with E-state index in [4.69, 9.17) is 8.83 Å². The summed E-state index contributed by atoms with van der Waals surface area (Å²) < 4.78 is 12.6. The van der Waals surface area contributed by atoms with Gasteiger partial charge in [-0.1, -0.05) is 109 Å². The molecule has 10 aromatic rings. The first-order valence-corrected chi connectivity index (χ1v) is 16.6. The Morgan fingerprint density at radius 3 is 1.84 bits per heavy atom. The van der Waals surface area contributed by atoms with Crippen molar-refractivity contribution >= 4 is 71.7 Å². The monoisotopic (exact) mass is 627 g/mol. The SMILES string of the molecule is c1cc(-c2ccc3ccccc3c2)cc(N(c2ccc3c(c2)oc2ccccc23)c2ccccc2-c2ccc3oc4ccccc4c3c2)c1. The zero-order chi connectivity index (χ0) is 32.3. The Kier molecular flexibility index (Phi) is 6.18. The molecule has 0 N–H and O–H groups in total. The van der Waals surface area contributed by atoms with Crippen LogP contribution in [0, 0.1) is 0 Å². The van der Waals surface area contributed by atoms with E-state index < -0.39 is 0 Å². The number of benzene rings is 8. The maximum Gasteiger partial charge on any atom is 0.137 e. The molecule has 0 aliphatic carbocycles. The van der Waals surface area contributed by atoms with Crippen LogP contribution in [0.1, 0.15) is 0 Å². The molecule has 3 heteroatoms. The molecule has 0 fully saturated rings. The molecule has 49 heavy (non-hydrogen) atoms. The molecule has 0 unspecified atom stereocenters. The molecule has 0 saturated heterocycles. The second kappa shape index (κ2) is 11.0.